The van der Waals surface area contributed by atoms with Crippen molar-refractivity contribution < 1.29 is 19.1 Å². The van der Waals surface area contributed by atoms with Crippen molar-refractivity contribution >= 4 is 17.9 Å². The lowest BCUT2D eigenvalue weighted by Crippen LogP contribution is -2.48. The number of piperidine rings is 1. The highest BCUT2D eigenvalue weighted by Gasteiger charge is 2.39. The van der Waals surface area contributed by atoms with E-state index in [9.17, 15) is 14.4 Å². The van der Waals surface area contributed by atoms with Crippen molar-refractivity contribution in [1.29, 1.82) is 0 Å². The quantitative estimate of drug-likeness (QED) is 0.781. The fourth-order valence-corrected chi connectivity index (χ4v) is 4.48. The van der Waals surface area contributed by atoms with Gasteiger partial charge in [0, 0.05) is 32.1 Å². The van der Waals surface area contributed by atoms with Crippen molar-refractivity contribution in [2.75, 3.05) is 19.6 Å². The lowest BCUT2D eigenvalue weighted by molar-refractivity contribution is -0.136. The Labute approximate surface area is 188 Å². The zero-order valence-corrected chi connectivity index (χ0v) is 18.3. The highest BCUT2D eigenvalue weighted by atomic mass is 16.6. The number of likely N-dealkylation sites (tertiary alicyclic amines) is 2. The predicted molar refractivity (Wildman–Crippen MR) is 120 cm³/mol. The fraction of sp³-hybridized carbons (Fsp3) is 0.400. The van der Waals surface area contributed by atoms with Gasteiger partial charge in [0.05, 0.1) is 12.0 Å². The van der Waals surface area contributed by atoms with E-state index in [1.54, 1.807) is 12.1 Å². The summed E-state index contributed by atoms with van der Waals surface area (Å²) in [6.45, 7) is 3.59. The van der Waals surface area contributed by atoms with Crippen LogP contribution in [-0.2, 0) is 9.59 Å². The minimum Gasteiger partial charge on any atom is -0.410 e. The number of nitrogens with one attached hydrogen (secondary N) is 1. The fourth-order valence-electron chi connectivity index (χ4n) is 4.48. The Morgan fingerprint density at radius 1 is 1.00 bits per heavy atom. The number of amides is 3. The zero-order valence-electron chi connectivity index (χ0n) is 18.3. The Morgan fingerprint density at radius 2 is 1.62 bits per heavy atom. The maximum absolute atomic E-state index is 13.1. The minimum absolute atomic E-state index is 0.0277. The number of nitrogens with zero attached hydrogens (tertiary/aromatic N) is 2. The van der Waals surface area contributed by atoms with Crippen LogP contribution in [0, 0.1) is 5.92 Å². The third-order valence-electron chi connectivity index (χ3n) is 6.34. The van der Waals surface area contributed by atoms with Gasteiger partial charge in [0.15, 0.2) is 0 Å². The highest BCUT2D eigenvalue weighted by Crippen LogP contribution is 2.30. The number of carbonyl (C=O) groups excluding carboxylic acids is 3. The van der Waals surface area contributed by atoms with E-state index in [1.165, 1.54) is 0 Å². The molecule has 2 saturated heterocycles. The van der Waals surface area contributed by atoms with Gasteiger partial charge in [-0.25, -0.2) is 4.79 Å². The molecule has 1 N–H and O–H groups in total. The molecule has 2 atom stereocenters. The second kappa shape index (κ2) is 9.85. The number of hydrogen-bond acceptors (Lipinski definition) is 4. The Bertz CT molecular complexity index is 942. The molecular formula is C25H29N3O4. The van der Waals surface area contributed by atoms with Crippen LogP contribution in [-0.4, -0.2) is 53.4 Å². The van der Waals surface area contributed by atoms with Crippen LogP contribution in [0.1, 0.15) is 37.8 Å². The van der Waals surface area contributed by atoms with Gasteiger partial charge in [-0.1, -0.05) is 48.5 Å². The molecule has 0 spiro atoms. The van der Waals surface area contributed by atoms with Gasteiger partial charge in [-0.3, -0.25) is 9.59 Å². The van der Waals surface area contributed by atoms with Gasteiger partial charge in [0.2, 0.25) is 11.8 Å². The van der Waals surface area contributed by atoms with Gasteiger partial charge in [0.1, 0.15) is 5.75 Å². The summed E-state index contributed by atoms with van der Waals surface area (Å²) in [5, 5.41) is 2.88. The van der Waals surface area contributed by atoms with E-state index in [-0.39, 0.29) is 36.2 Å². The molecule has 2 aliphatic heterocycles. The van der Waals surface area contributed by atoms with Gasteiger partial charge >= 0.3 is 6.09 Å². The largest absolute Gasteiger partial charge is 0.412 e. The summed E-state index contributed by atoms with van der Waals surface area (Å²) >= 11 is 0. The van der Waals surface area contributed by atoms with Crippen molar-refractivity contribution in [3.05, 3.63) is 66.2 Å². The van der Waals surface area contributed by atoms with E-state index >= 15 is 0 Å². The lowest BCUT2D eigenvalue weighted by atomic mass is 10.0. The van der Waals surface area contributed by atoms with E-state index in [0.29, 0.717) is 38.2 Å². The first kappa shape index (κ1) is 21.9. The van der Waals surface area contributed by atoms with E-state index in [0.717, 1.165) is 5.56 Å². The molecule has 0 saturated carbocycles. The van der Waals surface area contributed by atoms with E-state index in [4.69, 9.17) is 4.74 Å². The standard InChI is InChI=1S/C25H29N3O4/c1-18(19-8-4-2-5-9-19)28-17-20(16-23(28)29)24(30)27-14-12-21(13-15-27)26-25(31)32-22-10-6-3-7-11-22/h2-11,18,20-21H,12-17H2,1H3,(H,26,31). The molecule has 0 radical (unpaired) electrons. The summed E-state index contributed by atoms with van der Waals surface area (Å²) in [4.78, 5) is 41.4. The predicted octanol–water partition coefficient (Wildman–Crippen LogP) is 3.38. The summed E-state index contributed by atoms with van der Waals surface area (Å²) in [5.74, 6) is 0.255. The number of carbonyl (C=O) groups is 3. The van der Waals surface area contributed by atoms with Crippen molar-refractivity contribution in [2.24, 2.45) is 5.92 Å². The molecule has 0 aromatic heterocycles. The summed E-state index contributed by atoms with van der Waals surface area (Å²) in [6.07, 6.45) is 1.12. The third kappa shape index (κ3) is 5.10. The number of ether oxygens (including phenoxy) is 1. The van der Waals surface area contributed by atoms with Crippen molar-refractivity contribution in [2.45, 2.75) is 38.3 Å². The van der Waals surface area contributed by atoms with Gasteiger partial charge < -0.3 is 19.9 Å². The Balaban J connectivity index is 1.25. The SMILES string of the molecule is CC(c1ccccc1)N1CC(C(=O)N2CCC(NC(=O)Oc3ccccc3)CC2)CC1=O. The molecule has 2 aliphatic rings. The monoisotopic (exact) mass is 435 g/mol. The number of benzene rings is 2. The normalized spacial score (nSPS) is 20.2. The van der Waals surface area contributed by atoms with E-state index in [2.05, 4.69) is 5.32 Å². The summed E-state index contributed by atoms with van der Waals surface area (Å²) < 4.78 is 5.28. The second-order valence-electron chi connectivity index (χ2n) is 8.48. The van der Waals surface area contributed by atoms with Crippen LogP contribution in [0.3, 0.4) is 0 Å². The topological polar surface area (TPSA) is 79.0 Å². The molecule has 4 rings (SSSR count). The molecule has 0 aliphatic carbocycles. The molecule has 3 amide bonds. The summed E-state index contributed by atoms with van der Waals surface area (Å²) in [5.41, 5.74) is 1.07. The van der Waals surface area contributed by atoms with Crippen LogP contribution in [0.2, 0.25) is 0 Å². The van der Waals surface area contributed by atoms with Crippen LogP contribution in [0.15, 0.2) is 60.7 Å². The van der Waals surface area contributed by atoms with E-state index < -0.39 is 6.09 Å². The number of rotatable bonds is 5. The second-order valence-corrected chi connectivity index (χ2v) is 8.48. The molecule has 2 fully saturated rings. The molecule has 2 aromatic rings. The van der Waals surface area contributed by atoms with Gasteiger partial charge in [0.25, 0.3) is 0 Å². The van der Waals surface area contributed by atoms with E-state index in [1.807, 2.05) is 65.3 Å². The highest BCUT2D eigenvalue weighted by molar-refractivity contribution is 5.89. The Kier molecular flexibility index (Phi) is 6.73. The minimum atomic E-state index is -0.479. The molecule has 168 valence electrons. The first-order valence-corrected chi connectivity index (χ1v) is 11.2. The first-order chi connectivity index (χ1) is 15.5. The van der Waals surface area contributed by atoms with Crippen molar-refractivity contribution in [3.8, 4) is 5.75 Å². The summed E-state index contributed by atoms with van der Waals surface area (Å²) in [7, 11) is 0. The average Bonchev–Trinajstić information content (AvgIpc) is 3.21. The van der Waals surface area contributed by atoms with Crippen LogP contribution in [0.25, 0.3) is 0 Å². The molecule has 7 nitrogen and oxygen atoms in total. The molecule has 0 bridgehead atoms. The maximum atomic E-state index is 13.1. The molecule has 2 aromatic carbocycles. The number of para-hydroxylation sites is 1. The molecular weight excluding hydrogens is 406 g/mol. The zero-order chi connectivity index (χ0) is 22.5. The van der Waals surface area contributed by atoms with Crippen LogP contribution < -0.4 is 10.1 Å². The van der Waals surface area contributed by atoms with Crippen LogP contribution in [0.4, 0.5) is 4.79 Å². The Hall–Kier alpha value is -3.35. The lowest BCUT2D eigenvalue weighted by Gasteiger charge is -2.33. The molecule has 7 heteroatoms. The summed E-state index contributed by atoms with van der Waals surface area (Å²) in [6, 6.07) is 18.7. The Morgan fingerprint density at radius 3 is 2.28 bits per heavy atom. The van der Waals surface area contributed by atoms with Crippen LogP contribution >= 0.6 is 0 Å². The molecule has 32 heavy (non-hydrogen) atoms. The van der Waals surface area contributed by atoms with Crippen molar-refractivity contribution in [3.63, 3.8) is 0 Å². The van der Waals surface area contributed by atoms with Gasteiger partial charge in [-0.15, -0.1) is 0 Å². The van der Waals surface area contributed by atoms with Gasteiger partial charge in [-0.05, 0) is 37.5 Å². The maximum Gasteiger partial charge on any atom is 0.412 e. The van der Waals surface area contributed by atoms with Gasteiger partial charge in [-0.2, -0.15) is 0 Å². The third-order valence-corrected chi connectivity index (χ3v) is 6.34. The molecule has 2 heterocycles. The first-order valence-electron chi connectivity index (χ1n) is 11.2. The smallest absolute Gasteiger partial charge is 0.410 e. The average molecular weight is 436 g/mol. The number of hydrogen-bond donors (Lipinski definition) is 1. The van der Waals surface area contributed by atoms with Crippen molar-refractivity contribution in [1.82, 2.24) is 15.1 Å². The van der Waals surface area contributed by atoms with Crippen LogP contribution in [0.5, 0.6) is 5.75 Å². The molecule has 2 unspecified atom stereocenters.